The van der Waals surface area contributed by atoms with Crippen LogP contribution in [0.3, 0.4) is 0 Å². The maximum absolute atomic E-state index is 12.1. The number of piperidine rings is 2. The van der Waals surface area contributed by atoms with Gasteiger partial charge in [-0.15, -0.1) is 0 Å². The molecule has 3 rings (SSSR count). The molecular formula is C21H34N4O2. The molecule has 0 spiro atoms. The first kappa shape index (κ1) is 19.8. The lowest BCUT2D eigenvalue weighted by Gasteiger charge is -2.41. The molecule has 1 aromatic rings. The fourth-order valence-electron chi connectivity index (χ4n) is 4.04. The number of hydrogen-bond acceptors (Lipinski definition) is 5. The van der Waals surface area contributed by atoms with Crippen molar-refractivity contribution in [3.63, 3.8) is 0 Å². The van der Waals surface area contributed by atoms with Crippen molar-refractivity contribution in [2.75, 3.05) is 42.1 Å². The Bertz CT molecular complexity index is 642. The molecule has 1 amide bonds. The number of carbonyl (C=O) groups is 1. The van der Waals surface area contributed by atoms with E-state index >= 15 is 0 Å². The Morgan fingerprint density at radius 3 is 2.41 bits per heavy atom. The van der Waals surface area contributed by atoms with Gasteiger partial charge in [0.2, 0.25) is 0 Å². The molecule has 0 unspecified atom stereocenters. The maximum atomic E-state index is 12.1. The fourth-order valence-corrected chi connectivity index (χ4v) is 4.04. The van der Waals surface area contributed by atoms with Crippen molar-refractivity contribution in [1.29, 1.82) is 0 Å². The second-order valence-electron chi connectivity index (χ2n) is 8.71. The number of nitrogens with one attached hydrogen (secondary N) is 1. The minimum absolute atomic E-state index is 0.477. The van der Waals surface area contributed by atoms with Gasteiger partial charge in [0.05, 0.1) is 11.4 Å². The molecule has 0 atom stereocenters. The highest BCUT2D eigenvalue weighted by molar-refractivity contribution is 5.90. The van der Waals surface area contributed by atoms with Crippen LogP contribution in [0.4, 0.5) is 21.9 Å². The van der Waals surface area contributed by atoms with Crippen LogP contribution in [0, 0.1) is 0 Å². The minimum atomic E-state index is -0.535. The van der Waals surface area contributed by atoms with Gasteiger partial charge in [0.25, 0.3) is 0 Å². The quantitative estimate of drug-likeness (QED) is 0.781. The lowest BCUT2D eigenvalue weighted by molar-refractivity contribution is 0.0636. The standard InChI is InChI=1S/C21H34N4O2/c1-21(2,3)27-20(26)23-19-15-17(7-8-18(19)22)25-13-9-16(10-14-25)24-11-5-4-6-12-24/h7-8,15-16H,4-6,9-14,22H2,1-3H3,(H,23,26). The van der Waals surface area contributed by atoms with Gasteiger partial charge in [0.15, 0.2) is 0 Å². The van der Waals surface area contributed by atoms with Crippen LogP contribution in [0.25, 0.3) is 0 Å². The molecule has 0 bridgehead atoms. The third-order valence-corrected chi connectivity index (χ3v) is 5.41. The van der Waals surface area contributed by atoms with Crippen molar-refractivity contribution in [1.82, 2.24) is 4.90 Å². The molecule has 6 nitrogen and oxygen atoms in total. The average molecular weight is 375 g/mol. The summed E-state index contributed by atoms with van der Waals surface area (Å²) < 4.78 is 5.34. The molecule has 0 aliphatic carbocycles. The zero-order valence-corrected chi connectivity index (χ0v) is 17.0. The molecule has 1 aromatic carbocycles. The molecule has 3 N–H and O–H groups in total. The predicted octanol–water partition coefficient (Wildman–Crippen LogP) is 4.07. The molecule has 27 heavy (non-hydrogen) atoms. The first-order chi connectivity index (χ1) is 12.8. The van der Waals surface area contributed by atoms with Crippen LogP contribution in [-0.4, -0.2) is 48.8 Å². The average Bonchev–Trinajstić information content (AvgIpc) is 2.63. The van der Waals surface area contributed by atoms with Gasteiger partial charge in [-0.25, -0.2) is 4.79 Å². The molecular weight excluding hydrogens is 340 g/mol. The molecule has 2 aliphatic rings. The number of rotatable bonds is 3. The number of nitrogens with zero attached hydrogens (tertiary/aromatic N) is 2. The summed E-state index contributed by atoms with van der Waals surface area (Å²) in [5, 5.41) is 2.79. The highest BCUT2D eigenvalue weighted by atomic mass is 16.6. The fraction of sp³-hybridized carbons (Fsp3) is 0.667. The van der Waals surface area contributed by atoms with E-state index in [-0.39, 0.29) is 0 Å². The van der Waals surface area contributed by atoms with Crippen LogP contribution >= 0.6 is 0 Å². The van der Waals surface area contributed by atoms with E-state index in [0.29, 0.717) is 11.4 Å². The first-order valence-corrected chi connectivity index (χ1v) is 10.2. The van der Waals surface area contributed by atoms with Gasteiger partial charge in [-0.3, -0.25) is 5.32 Å². The van der Waals surface area contributed by atoms with E-state index in [2.05, 4.69) is 15.1 Å². The van der Waals surface area contributed by atoms with Crippen molar-refractivity contribution in [2.24, 2.45) is 0 Å². The number of carbonyl (C=O) groups excluding carboxylic acids is 1. The highest BCUT2D eigenvalue weighted by Gasteiger charge is 2.26. The Morgan fingerprint density at radius 2 is 1.78 bits per heavy atom. The summed E-state index contributed by atoms with van der Waals surface area (Å²) in [4.78, 5) is 17.1. The van der Waals surface area contributed by atoms with E-state index in [0.717, 1.165) is 24.8 Å². The van der Waals surface area contributed by atoms with E-state index in [1.54, 1.807) is 0 Å². The number of ether oxygens (including phenoxy) is 1. The summed E-state index contributed by atoms with van der Waals surface area (Å²) in [5.74, 6) is 0. The number of anilines is 3. The zero-order valence-electron chi connectivity index (χ0n) is 17.0. The normalized spacial score (nSPS) is 19.7. The van der Waals surface area contributed by atoms with Crippen LogP contribution in [0.1, 0.15) is 52.9 Å². The number of hydrogen-bond donors (Lipinski definition) is 2. The van der Waals surface area contributed by atoms with Gasteiger partial charge >= 0.3 is 6.09 Å². The monoisotopic (exact) mass is 374 g/mol. The van der Waals surface area contributed by atoms with Gasteiger partial charge < -0.3 is 20.3 Å². The Kier molecular flexibility index (Phi) is 6.15. The van der Waals surface area contributed by atoms with Gasteiger partial charge in [0, 0.05) is 24.8 Å². The number of nitrogens with two attached hydrogens (primary N) is 1. The zero-order chi connectivity index (χ0) is 19.4. The highest BCUT2D eigenvalue weighted by Crippen LogP contribution is 2.29. The van der Waals surface area contributed by atoms with Crippen LogP contribution in [-0.2, 0) is 4.74 Å². The second kappa shape index (κ2) is 8.38. The molecule has 0 aromatic heterocycles. The molecule has 2 heterocycles. The van der Waals surface area contributed by atoms with Crippen LogP contribution < -0.4 is 16.0 Å². The van der Waals surface area contributed by atoms with Gasteiger partial charge in [0.1, 0.15) is 5.60 Å². The van der Waals surface area contributed by atoms with Gasteiger partial charge in [-0.2, -0.15) is 0 Å². The number of amides is 1. The lowest BCUT2D eigenvalue weighted by atomic mass is 9.99. The van der Waals surface area contributed by atoms with Crippen molar-refractivity contribution in [2.45, 2.75) is 64.5 Å². The molecule has 2 saturated heterocycles. The lowest BCUT2D eigenvalue weighted by Crippen LogP contribution is -2.46. The van der Waals surface area contributed by atoms with Crippen molar-refractivity contribution in [3.05, 3.63) is 18.2 Å². The Morgan fingerprint density at radius 1 is 1.11 bits per heavy atom. The Hall–Kier alpha value is -1.95. The van der Waals surface area contributed by atoms with Crippen molar-refractivity contribution in [3.8, 4) is 0 Å². The summed E-state index contributed by atoms with van der Waals surface area (Å²) in [5.41, 5.74) is 7.78. The molecule has 150 valence electrons. The first-order valence-electron chi connectivity index (χ1n) is 10.2. The summed E-state index contributed by atoms with van der Waals surface area (Å²) >= 11 is 0. The molecule has 6 heteroatoms. The van der Waals surface area contributed by atoms with Crippen molar-refractivity contribution < 1.29 is 9.53 Å². The van der Waals surface area contributed by atoms with E-state index in [9.17, 15) is 4.79 Å². The maximum Gasteiger partial charge on any atom is 0.412 e. The smallest absolute Gasteiger partial charge is 0.412 e. The van der Waals surface area contributed by atoms with Crippen molar-refractivity contribution >= 4 is 23.2 Å². The van der Waals surface area contributed by atoms with E-state index in [4.69, 9.17) is 10.5 Å². The largest absolute Gasteiger partial charge is 0.444 e. The number of likely N-dealkylation sites (tertiary alicyclic amines) is 1. The third kappa shape index (κ3) is 5.51. The predicted molar refractivity (Wildman–Crippen MR) is 111 cm³/mol. The van der Waals surface area contributed by atoms with E-state index < -0.39 is 11.7 Å². The van der Waals surface area contributed by atoms with E-state index in [1.165, 1.54) is 45.2 Å². The Labute approximate surface area is 163 Å². The van der Waals surface area contributed by atoms with Crippen LogP contribution in [0.15, 0.2) is 18.2 Å². The topological polar surface area (TPSA) is 70.8 Å². The molecule has 0 radical (unpaired) electrons. The molecule has 0 saturated carbocycles. The summed E-state index contributed by atoms with van der Waals surface area (Å²) in [6, 6.07) is 6.57. The minimum Gasteiger partial charge on any atom is -0.444 e. The number of benzene rings is 1. The van der Waals surface area contributed by atoms with Crippen LogP contribution in [0.2, 0.25) is 0 Å². The Balaban J connectivity index is 1.60. The summed E-state index contributed by atoms with van der Waals surface area (Å²) in [7, 11) is 0. The summed E-state index contributed by atoms with van der Waals surface area (Å²) in [6.45, 7) is 10.1. The van der Waals surface area contributed by atoms with E-state index in [1.807, 2.05) is 39.0 Å². The molecule has 2 fully saturated rings. The molecule has 2 aliphatic heterocycles. The SMILES string of the molecule is CC(C)(C)OC(=O)Nc1cc(N2CCC(N3CCCCC3)CC2)ccc1N. The third-order valence-electron chi connectivity index (χ3n) is 5.41. The van der Waals surface area contributed by atoms with Gasteiger partial charge in [-0.1, -0.05) is 6.42 Å². The number of nitrogen functional groups attached to an aromatic ring is 1. The van der Waals surface area contributed by atoms with Crippen LogP contribution in [0.5, 0.6) is 0 Å². The summed E-state index contributed by atoms with van der Waals surface area (Å²) in [6.07, 6.45) is 5.98. The van der Waals surface area contributed by atoms with Gasteiger partial charge in [-0.05, 0) is 77.7 Å². The second-order valence-corrected chi connectivity index (χ2v) is 8.71.